The summed E-state index contributed by atoms with van der Waals surface area (Å²) in [6, 6.07) is 8.99. The average molecular weight is 785 g/mol. The Morgan fingerprint density at radius 2 is 0.873 bits per heavy atom. The summed E-state index contributed by atoms with van der Waals surface area (Å²) in [4.78, 5) is 34.4. The molecule has 0 saturated heterocycles. The van der Waals surface area contributed by atoms with E-state index in [0.717, 1.165) is 25.7 Å². The number of hydrogen-bond donors (Lipinski definition) is 0. The van der Waals surface area contributed by atoms with Crippen LogP contribution in [0.25, 0.3) is 0 Å². The van der Waals surface area contributed by atoms with Crippen molar-refractivity contribution in [3.8, 4) is 5.75 Å². The summed E-state index contributed by atoms with van der Waals surface area (Å²) in [6.45, 7) is 33.6. The van der Waals surface area contributed by atoms with Gasteiger partial charge in [-0.3, -0.25) is 4.89 Å². The molecule has 0 fully saturated rings. The van der Waals surface area contributed by atoms with Gasteiger partial charge in [-0.15, -0.1) is 4.89 Å². The fourth-order valence-corrected chi connectivity index (χ4v) is 2.77. The van der Waals surface area contributed by atoms with Crippen molar-refractivity contribution in [1.29, 1.82) is 0 Å². The van der Waals surface area contributed by atoms with Gasteiger partial charge in [-0.05, 0) is 87.8 Å². The lowest BCUT2D eigenvalue weighted by atomic mass is 10.0. The van der Waals surface area contributed by atoms with Gasteiger partial charge in [0.2, 0.25) is 0 Å². The van der Waals surface area contributed by atoms with Gasteiger partial charge in [0, 0.05) is 17.6 Å². The molecule has 55 heavy (non-hydrogen) atoms. The molecule has 316 valence electrons. The summed E-state index contributed by atoms with van der Waals surface area (Å²) in [5.74, 6) is -2.27. The molecule has 0 bridgehead atoms. The van der Waals surface area contributed by atoms with Crippen LogP contribution in [0.1, 0.15) is 72.1 Å². The third-order valence-corrected chi connectivity index (χ3v) is 4.60. The third-order valence-electron chi connectivity index (χ3n) is 4.60. The van der Waals surface area contributed by atoms with Crippen LogP contribution in [-0.4, -0.2) is 77.2 Å². The highest BCUT2D eigenvalue weighted by molar-refractivity contribution is 5.87. The first-order valence-electron chi connectivity index (χ1n) is 17.2. The highest BCUT2D eigenvalue weighted by Gasteiger charge is 2.39. The van der Waals surface area contributed by atoms with Crippen LogP contribution in [0, 0.1) is 55.4 Å². The number of carbonyl (C=O) groups excluding carboxylic acids is 2. The number of hydrogen-bond acceptors (Lipinski definition) is 6. The molecule has 14 nitrogen and oxygen atoms in total. The highest BCUT2D eigenvalue weighted by atomic mass is 17.2. The Balaban J connectivity index is -0.000000125. The van der Waals surface area contributed by atoms with Crippen LogP contribution in [-0.2, 0) is 65.0 Å². The summed E-state index contributed by atoms with van der Waals surface area (Å²) in [7, 11) is 0. The average Bonchev–Trinajstić information content (AvgIpc) is 3.12. The largest absolute Gasteiger partial charge is 0.455 e. The summed E-state index contributed by atoms with van der Waals surface area (Å²) in [5.41, 5.74) is 0.437. The zero-order chi connectivity index (χ0) is 44.8. The molecule has 0 aromatic heterocycles. The first-order chi connectivity index (χ1) is 26.1. The molecule has 0 N–H and O–H groups in total. The monoisotopic (exact) mass is 784 g/mol. The van der Waals surface area contributed by atoms with Crippen molar-refractivity contribution in [2.75, 3.05) is 59.5 Å². The predicted molar refractivity (Wildman–Crippen MR) is 207 cm³/mol. The van der Waals surface area contributed by atoms with Crippen molar-refractivity contribution < 1.29 is 69.7 Å². The number of benzene rings is 1. The molecule has 1 aromatic carbocycles. The molecular formula is C41H68O14. The Hall–Kier alpha value is -2.92. The summed E-state index contributed by atoms with van der Waals surface area (Å²) >= 11 is 0. The van der Waals surface area contributed by atoms with E-state index in [1.165, 1.54) is 26.2 Å². The van der Waals surface area contributed by atoms with Crippen molar-refractivity contribution in [3.05, 3.63) is 110 Å². The first-order valence-corrected chi connectivity index (χ1v) is 17.2. The number of esters is 1. The van der Waals surface area contributed by atoms with Gasteiger partial charge in [0.1, 0.15) is 5.75 Å². The lowest BCUT2D eigenvalue weighted by Gasteiger charge is -2.31. The van der Waals surface area contributed by atoms with Crippen molar-refractivity contribution >= 4 is 11.9 Å². The van der Waals surface area contributed by atoms with E-state index in [1.54, 1.807) is 19.1 Å². The quantitative estimate of drug-likeness (QED) is 0.0401. The molecule has 1 rings (SSSR count). The Labute approximate surface area is 334 Å². The maximum atomic E-state index is 12.0. The predicted octanol–water partition coefficient (Wildman–Crippen LogP) is 8.08. The number of carbonyl (C=O) groups is 2. The molecule has 0 aliphatic rings. The van der Waals surface area contributed by atoms with Crippen molar-refractivity contribution in [3.63, 3.8) is 0 Å². The normalized spacial score (nSPS) is 9.65. The minimum absolute atomic E-state index is 0.184. The summed E-state index contributed by atoms with van der Waals surface area (Å²) < 4.78 is 11.4. The topological polar surface area (TPSA) is 230 Å². The Kier molecular flexibility index (Phi) is 83.8. The molecule has 16 radical (unpaired) electrons. The van der Waals surface area contributed by atoms with Gasteiger partial charge < -0.3 is 9.47 Å². The van der Waals surface area contributed by atoms with E-state index in [1.807, 2.05) is 18.2 Å². The molecule has 1 unspecified atom stereocenters. The SMILES string of the molecule is C=C(C)C(=O)OCC(CCCCCCCCC)(OOC(=O)C(=C)C)Oc1ccccc1.[CH2]C[O].[CH2]C[O].[CH2]C[O].[CH2]C[O].[CH2]C[O].[CH2]C[O].[CH2]C[O].[CH2]C[O]. The molecule has 0 aliphatic heterocycles. The van der Waals surface area contributed by atoms with Crippen LogP contribution >= 0.6 is 0 Å². The minimum Gasteiger partial charge on any atom is -0.455 e. The molecule has 1 atom stereocenters. The van der Waals surface area contributed by atoms with Crippen LogP contribution in [0.5, 0.6) is 5.75 Å². The highest BCUT2D eigenvalue weighted by Crippen LogP contribution is 2.27. The van der Waals surface area contributed by atoms with Gasteiger partial charge >= 0.3 is 11.9 Å². The number of ether oxygens (including phenoxy) is 2. The standard InChI is InChI=1S/C25H36O6.8C2H4O/c1-6-7-8-9-10-11-15-18-25(19-28-23(26)20(2)3,31-30-24(27)21(4)5)29-22-16-13-12-14-17-22;8*1-2-3/h12-14,16-17H,2,4,6-11,15,18-19H2,1,3,5H3;8*1-2H2. The van der Waals surface area contributed by atoms with Crippen molar-refractivity contribution in [2.24, 2.45) is 0 Å². The second-order valence-corrected chi connectivity index (χ2v) is 9.42. The molecule has 0 amide bonds. The van der Waals surface area contributed by atoms with Gasteiger partial charge in [-0.2, -0.15) is 0 Å². The Morgan fingerprint density at radius 3 is 1.20 bits per heavy atom. The van der Waals surface area contributed by atoms with Gasteiger partial charge in [-0.25, -0.2) is 50.4 Å². The van der Waals surface area contributed by atoms with E-state index in [9.17, 15) is 9.59 Å². The Bertz CT molecular complexity index is 799. The van der Waals surface area contributed by atoms with E-state index in [2.05, 4.69) is 75.5 Å². The van der Waals surface area contributed by atoms with Gasteiger partial charge in [-0.1, -0.05) is 76.8 Å². The molecule has 0 heterocycles. The summed E-state index contributed by atoms with van der Waals surface area (Å²) in [5, 5.41) is 70.6. The number of unbranched alkanes of at least 4 members (excludes halogenated alkanes) is 6. The van der Waals surface area contributed by atoms with Crippen LogP contribution in [0.4, 0.5) is 0 Å². The molecule has 0 aliphatic carbocycles. The van der Waals surface area contributed by atoms with Crippen LogP contribution in [0.2, 0.25) is 0 Å². The van der Waals surface area contributed by atoms with Crippen molar-refractivity contribution in [1.82, 2.24) is 0 Å². The maximum Gasteiger partial charge on any atom is 0.368 e. The van der Waals surface area contributed by atoms with E-state index >= 15 is 0 Å². The lowest BCUT2D eigenvalue weighted by Crippen LogP contribution is -2.45. The van der Waals surface area contributed by atoms with E-state index in [4.69, 9.17) is 60.1 Å². The smallest absolute Gasteiger partial charge is 0.368 e. The van der Waals surface area contributed by atoms with Gasteiger partial charge in [0.25, 0.3) is 5.79 Å². The molecule has 1 aromatic rings. The van der Waals surface area contributed by atoms with E-state index < -0.39 is 17.7 Å². The fourth-order valence-electron chi connectivity index (χ4n) is 2.77. The first kappa shape index (κ1) is 69.9. The zero-order valence-electron chi connectivity index (χ0n) is 33.7. The van der Waals surface area contributed by atoms with Crippen molar-refractivity contribution in [2.45, 2.75) is 77.9 Å². The molecule has 14 heteroatoms. The zero-order valence-corrected chi connectivity index (χ0v) is 33.7. The van der Waals surface area contributed by atoms with Crippen LogP contribution in [0.3, 0.4) is 0 Å². The summed E-state index contributed by atoms with van der Waals surface area (Å²) in [6.07, 6.45) is 7.95. The van der Waals surface area contributed by atoms with E-state index in [0.29, 0.717) is 12.2 Å². The van der Waals surface area contributed by atoms with Crippen LogP contribution in [0.15, 0.2) is 54.6 Å². The molecule has 0 saturated carbocycles. The van der Waals surface area contributed by atoms with E-state index in [-0.39, 0.29) is 70.6 Å². The third kappa shape index (κ3) is 76.6. The second-order valence-electron chi connectivity index (χ2n) is 9.42. The van der Waals surface area contributed by atoms with Gasteiger partial charge in [0.15, 0.2) is 6.61 Å². The second kappa shape index (κ2) is 65.9. The lowest BCUT2D eigenvalue weighted by molar-refractivity contribution is -0.391. The maximum absolute atomic E-state index is 12.0. The molecular weight excluding hydrogens is 716 g/mol. The molecule has 0 spiro atoms. The van der Waals surface area contributed by atoms with Crippen LogP contribution < -0.4 is 4.74 Å². The fraction of sp³-hybridized carbons (Fsp3) is 0.512. The Morgan fingerprint density at radius 1 is 0.545 bits per heavy atom. The number of para-hydroxylation sites is 1. The minimum atomic E-state index is -1.49. The number of rotatable bonds is 16. The van der Waals surface area contributed by atoms with Gasteiger partial charge in [0.05, 0.1) is 52.9 Å².